The van der Waals surface area contributed by atoms with Crippen molar-refractivity contribution in [2.45, 2.75) is 4.90 Å². The third-order valence-electron chi connectivity index (χ3n) is 4.57. The molecule has 0 bridgehead atoms. The van der Waals surface area contributed by atoms with Crippen molar-refractivity contribution in [1.29, 1.82) is 0 Å². The number of carbonyl (C=O) groups excluding carboxylic acids is 2. The van der Waals surface area contributed by atoms with Gasteiger partial charge in [-0.2, -0.15) is 0 Å². The highest BCUT2D eigenvalue weighted by atomic mass is 32.2. The minimum Gasteiger partial charge on any atom is -0.493 e. The fraction of sp³-hybridized carbons (Fsp3) is 0.0870. The van der Waals surface area contributed by atoms with Crippen LogP contribution in [0.3, 0.4) is 0 Å². The lowest BCUT2D eigenvalue weighted by Crippen LogP contribution is -2.30. The van der Waals surface area contributed by atoms with Crippen molar-refractivity contribution in [2.24, 2.45) is 5.14 Å². The number of hydrogen-bond acceptors (Lipinski definition) is 7. The minimum atomic E-state index is -3.87. The van der Waals surface area contributed by atoms with E-state index in [9.17, 15) is 18.0 Å². The monoisotopic (exact) mass is 482 g/mol. The third-order valence-corrected chi connectivity index (χ3v) is 5.50. The number of hydrogen-bond donors (Lipinski definition) is 3. The molecule has 0 aliphatic carbocycles. The number of rotatable bonds is 8. The Balaban J connectivity index is 1.88. The maximum Gasteiger partial charge on any atom is 0.272 e. The number of nitrogens with one attached hydrogen (secondary N) is 2. The van der Waals surface area contributed by atoms with Crippen LogP contribution < -0.4 is 25.2 Å². The lowest BCUT2D eigenvalue weighted by atomic mass is 10.1. The molecule has 0 fully saturated rings. The summed E-state index contributed by atoms with van der Waals surface area (Å²) in [6.07, 6.45) is 4.56. The third kappa shape index (κ3) is 6.18. The normalized spacial score (nSPS) is 11.4. The van der Waals surface area contributed by atoms with Gasteiger partial charge in [-0.1, -0.05) is 6.07 Å². The molecular weight excluding hydrogens is 460 g/mol. The van der Waals surface area contributed by atoms with Gasteiger partial charge in [-0.3, -0.25) is 14.6 Å². The van der Waals surface area contributed by atoms with E-state index in [4.69, 9.17) is 14.6 Å². The number of pyridine rings is 1. The average Bonchev–Trinajstić information content (AvgIpc) is 2.83. The summed E-state index contributed by atoms with van der Waals surface area (Å²) in [6, 6.07) is 13.3. The zero-order valence-electron chi connectivity index (χ0n) is 18.3. The van der Waals surface area contributed by atoms with Crippen LogP contribution in [0.2, 0.25) is 0 Å². The zero-order chi connectivity index (χ0) is 24.7. The summed E-state index contributed by atoms with van der Waals surface area (Å²) in [5, 5.41) is 10.3. The van der Waals surface area contributed by atoms with Crippen LogP contribution in [0.25, 0.3) is 6.08 Å². The van der Waals surface area contributed by atoms with Gasteiger partial charge < -0.3 is 20.1 Å². The van der Waals surface area contributed by atoms with Gasteiger partial charge in [-0.25, -0.2) is 13.6 Å². The van der Waals surface area contributed by atoms with Crippen molar-refractivity contribution >= 4 is 33.6 Å². The first kappa shape index (κ1) is 24.4. The maximum atomic E-state index is 13.0. The van der Waals surface area contributed by atoms with Crippen LogP contribution in [0.4, 0.5) is 5.69 Å². The molecule has 3 rings (SSSR count). The molecule has 1 heterocycles. The smallest absolute Gasteiger partial charge is 0.272 e. The Morgan fingerprint density at radius 2 is 1.71 bits per heavy atom. The molecule has 11 heteroatoms. The van der Waals surface area contributed by atoms with E-state index in [-0.39, 0.29) is 16.2 Å². The van der Waals surface area contributed by atoms with Crippen LogP contribution in [0.1, 0.15) is 15.9 Å². The molecule has 0 aliphatic rings. The number of methoxy groups -OCH3 is 2. The summed E-state index contributed by atoms with van der Waals surface area (Å²) in [5.74, 6) is -0.393. The molecule has 0 saturated carbocycles. The lowest BCUT2D eigenvalue weighted by molar-refractivity contribution is -0.113. The van der Waals surface area contributed by atoms with E-state index in [2.05, 4.69) is 15.6 Å². The van der Waals surface area contributed by atoms with E-state index in [1.54, 1.807) is 24.4 Å². The number of benzene rings is 2. The number of aromatic nitrogens is 1. The Morgan fingerprint density at radius 3 is 2.29 bits per heavy atom. The van der Waals surface area contributed by atoms with Crippen molar-refractivity contribution in [3.63, 3.8) is 0 Å². The van der Waals surface area contributed by atoms with Gasteiger partial charge in [0.15, 0.2) is 11.5 Å². The second kappa shape index (κ2) is 10.6. The summed E-state index contributed by atoms with van der Waals surface area (Å²) < 4.78 is 33.3. The maximum absolute atomic E-state index is 13.0. The van der Waals surface area contributed by atoms with Crippen LogP contribution in [0.15, 0.2) is 77.6 Å². The summed E-state index contributed by atoms with van der Waals surface area (Å²) in [6.45, 7) is 0. The first-order valence-electron chi connectivity index (χ1n) is 9.80. The highest BCUT2D eigenvalue weighted by molar-refractivity contribution is 7.89. The molecule has 0 aliphatic heterocycles. The van der Waals surface area contributed by atoms with Gasteiger partial charge >= 0.3 is 0 Å². The van der Waals surface area contributed by atoms with Crippen molar-refractivity contribution < 1.29 is 27.5 Å². The molecule has 0 atom stereocenters. The molecule has 2 aromatic carbocycles. The second-order valence-electron chi connectivity index (χ2n) is 6.89. The van der Waals surface area contributed by atoms with E-state index in [0.717, 1.165) is 0 Å². The van der Waals surface area contributed by atoms with Gasteiger partial charge in [0, 0.05) is 23.6 Å². The van der Waals surface area contributed by atoms with Crippen LogP contribution in [0.5, 0.6) is 11.5 Å². The fourth-order valence-electron chi connectivity index (χ4n) is 2.88. The number of nitrogens with zero attached hydrogens (tertiary/aromatic N) is 1. The number of amides is 2. The molecule has 176 valence electrons. The van der Waals surface area contributed by atoms with Gasteiger partial charge in [0.2, 0.25) is 10.0 Å². The van der Waals surface area contributed by atoms with Crippen LogP contribution in [0, 0.1) is 0 Å². The highest BCUT2D eigenvalue weighted by Crippen LogP contribution is 2.27. The zero-order valence-corrected chi connectivity index (χ0v) is 19.1. The number of nitrogens with two attached hydrogens (primary N) is 1. The standard InChI is InChI=1S/C23H22N4O6S/c1-32-20-10-5-16(13-21(20)33-2)22(28)27-19(12-15-4-3-11-25-14-15)23(29)26-17-6-8-18(9-7-17)34(24,30)31/h3-14H,1-2H3,(H,26,29)(H,27,28)(H2,24,30,31)/b19-12+. The highest BCUT2D eigenvalue weighted by Gasteiger charge is 2.17. The number of sulfonamides is 1. The Hall–Kier alpha value is -4.22. The SMILES string of the molecule is COc1ccc(C(=O)N/C(=C/c2cccnc2)C(=O)Nc2ccc(S(N)(=O)=O)cc2)cc1OC. The van der Waals surface area contributed by atoms with Crippen molar-refractivity contribution in [3.05, 3.63) is 83.8 Å². The largest absolute Gasteiger partial charge is 0.493 e. The summed E-state index contributed by atoms with van der Waals surface area (Å²) >= 11 is 0. The van der Waals surface area contributed by atoms with E-state index in [0.29, 0.717) is 22.7 Å². The molecule has 3 aromatic rings. The summed E-state index contributed by atoms with van der Waals surface area (Å²) in [4.78, 5) is 29.8. The number of ether oxygens (including phenoxy) is 2. The summed E-state index contributed by atoms with van der Waals surface area (Å²) in [5.41, 5.74) is 1.04. The Morgan fingerprint density at radius 1 is 1.00 bits per heavy atom. The Bertz CT molecular complexity index is 1320. The predicted molar refractivity (Wildman–Crippen MR) is 126 cm³/mol. The topological polar surface area (TPSA) is 150 Å². The van der Waals surface area contributed by atoms with E-state index >= 15 is 0 Å². The molecule has 4 N–H and O–H groups in total. The van der Waals surface area contributed by atoms with Crippen LogP contribution in [-0.4, -0.2) is 39.4 Å². The molecule has 1 aromatic heterocycles. The molecule has 0 unspecified atom stereocenters. The van der Waals surface area contributed by atoms with E-state index in [1.165, 1.54) is 62.9 Å². The quantitative estimate of drug-likeness (QED) is 0.416. The molecular formula is C23H22N4O6S. The van der Waals surface area contributed by atoms with Gasteiger partial charge in [-0.15, -0.1) is 0 Å². The van der Waals surface area contributed by atoms with Gasteiger partial charge in [-0.05, 0) is 60.2 Å². The second-order valence-corrected chi connectivity index (χ2v) is 8.45. The lowest BCUT2D eigenvalue weighted by Gasteiger charge is -2.13. The predicted octanol–water partition coefficient (Wildman–Crippen LogP) is 2.16. The average molecular weight is 483 g/mol. The van der Waals surface area contributed by atoms with Gasteiger partial charge in [0.1, 0.15) is 5.70 Å². The molecule has 0 saturated heterocycles. The van der Waals surface area contributed by atoms with Gasteiger partial charge in [0.05, 0.1) is 19.1 Å². The van der Waals surface area contributed by atoms with Crippen molar-refractivity contribution in [1.82, 2.24) is 10.3 Å². The van der Waals surface area contributed by atoms with Crippen LogP contribution in [-0.2, 0) is 14.8 Å². The van der Waals surface area contributed by atoms with Gasteiger partial charge in [0.25, 0.3) is 11.8 Å². The fourth-order valence-corrected chi connectivity index (χ4v) is 3.40. The van der Waals surface area contributed by atoms with Crippen LogP contribution >= 0.6 is 0 Å². The molecule has 10 nitrogen and oxygen atoms in total. The minimum absolute atomic E-state index is 0.0664. The molecule has 2 amide bonds. The van der Waals surface area contributed by atoms with Crippen molar-refractivity contribution in [3.8, 4) is 11.5 Å². The van der Waals surface area contributed by atoms with E-state index in [1.807, 2.05) is 0 Å². The molecule has 34 heavy (non-hydrogen) atoms. The first-order valence-corrected chi connectivity index (χ1v) is 11.3. The Kier molecular flexibility index (Phi) is 7.61. The molecule has 0 spiro atoms. The number of primary sulfonamides is 1. The van der Waals surface area contributed by atoms with Crippen molar-refractivity contribution in [2.75, 3.05) is 19.5 Å². The first-order chi connectivity index (χ1) is 16.2. The number of anilines is 1. The molecule has 0 radical (unpaired) electrons. The Labute approximate surface area is 196 Å². The van der Waals surface area contributed by atoms with E-state index < -0.39 is 21.8 Å². The number of carbonyl (C=O) groups is 2. The summed E-state index contributed by atoms with van der Waals surface area (Å²) in [7, 11) is -0.945.